The molecule has 5 aliphatic rings. The number of amides is 2. The number of hydrogen-bond acceptors (Lipinski definition) is 6. The summed E-state index contributed by atoms with van der Waals surface area (Å²) in [5.74, 6) is -5.75. The Hall–Kier alpha value is -4.49. The molecule has 3 saturated heterocycles. The lowest BCUT2D eigenvalue weighted by Gasteiger charge is -2.43. The molecule has 2 unspecified atom stereocenters. The van der Waals surface area contributed by atoms with Gasteiger partial charge in [0, 0.05) is 51.3 Å². The van der Waals surface area contributed by atoms with E-state index in [1.807, 2.05) is 25.2 Å². The second-order valence-corrected chi connectivity index (χ2v) is 16.1. The molecule has 292 valence electrons. The predicted octanol–water partition coefficient (Wildman–Crippen LogP) is 6.32. The molecular weight excluding hydrogens is 717 g/mol. The first-order chi connectivity index (χ1) is 26.3. The molecule has 3 aromatic carbocycles. The first kappa shape index (κ1) is 37.4. The van der Waals surface area contributed by atoms with Crippen LogP contribution in [-0.2, 0) is 26.2 Å². The van der Waals surface area contributed by atoms with E-state index in [0.29, 0.717) is 62.4 Å². The minimum atomic E-state index is -2.86. The van der Waals surface area contributed by atoms with Crippen molar-refractivity contribution in [3.63, 3.8) is 0 Å². The fraction of sp³-hybridized carbons (Fsp3) is 0.476. The second-order valence-electron chi connectivity index (χ2n) is 16.1. The van der Waals surface area contributed by atoms with E-state index < -0.39 is 36.2 Å². The molecule has 0 aromatic heterocycles. The van der Waals surface area contributed by atoms with E-state index >= 15 is 0 Å². The van der Waals surface area contributed by atoms with E-state index in [0.717, 1.165) is 35.5 Å². The molecule has 0 saturated carbocycles. The van der Waals surface area contributed by atoms with E-state index in [2.05, 4.69) is 21.7 Å². The van der Waals surface area contributed by atoms with Gasteiger partial charge in [0.1, 0.15) is 5.82 Å². The summed E-state index contributed by atoms with van der Waals surface area (Å²) in [6.07, 6.45) is 3.04. The van der Waals surface area contributed by atoms with Crippen molar-refractivity contribution in [3.8, 4) is 0 Å². The lowest BCUT2D eigenvalue weighted by molar-refractivity contribution is -0.124. The number of nitrogens with one attached hydrogen (secondary N) is 1. The average Bonchev–Trinajstić information content (AvgIpc) is 3.63. The summed E-state index contributed by atoms with van der Waals surface area (Å²) in [5, 5.41) is 3.17. The number of piperidine rings is 1. The number of fused-ring (bicyclic) bond motifs is 5. The van der Waals surface area contributed by atoms with Gasteiger partial charge in [-0.1, -0.05) is 18.7 Å². The lowest BCUT2D eigenvalue weighted by Crippen LogP contribution is -2.53. The van der Waals surface area contributed by atoms with Gasteiger partial charge in [0.05, 0.1) is 42.7 Å². The van der Waals surface area contributed by atoms with E-state index in [1.165, 1.54) is 23.1 Å². The number of rotatable bonds is 8. The van der Waals surface area contributed by atoms with Crippen molar-refractivity contribution in [1.82, 2.24) is 10.2 Å². The number of carbonyl (C=O) groups excluding carboxylic acids is 2. The summed E-state index contributed by atoms with van der Waals surface area (Å²) in [6, 6.07) is 13.3. The Bertz CT molecular complexity index is 1990. The molecule has 55 heavy (non-hydrogen) atoms. The van der Waals surface area contributed by atoms with Gasteiger partial charge >= 0.3 is 0 Å². The number of nitrogens with zero attached hydrogens (tertiary/aromatic N) is 4. The third-order valence-corrected chi connectivity index (χ3v) is 12.5. The minimum absolute atomic E-state index is 0.160. The second kappa shape index (κ2) is 14.5. The first-order valence-corrected chi connectivity index (χ1v) is 19.1. The van der Waals surface area contributed by atoms with Gasteiger partial charge < -0.3 is 29.7 Å². The van der Waals surface area contributed by atoms with E-state index in [4.69, 9.17) is 4.74 Å². The number of morpholine rings is 1. The molecule has 8 nitrogen and oxygen atoms in total. The van der Waals surface area contributed by atoms with Crippen molar-refractivity contribution in [2.24, 2.45) is 0 Å². The first-order valence-electron chi connectivity index (χ1n) is 19.1. The number of ether oxygens (including phenoxy) is 1. The number of benzene rings is 3. The van der Waals surface area contributed by atoms with Crippen LogP contribution < -0.4 is 20.0 Å². The monoisotopic (exact) mass is 763 g/mol. The molecule has 1 spiro atoms. The van der Waals surface area contributed by atoms with Gasteiger partial charge in [0.15, 0.2) is 11.6 Å². The summed E-state index contributed by atoms with van der Waals surface area (Å²) in [7, 11) is 1.97. The SMILES string of the molecule is C=CC(=O)N1C[C@@H]2CC(F)(F)CN2c2cc(N3CCC4(CC3)C[C@@H](CC(=O)NC(Cc3ccc(F)c(F)c3)C3CN(C)CCO3)c3ccc(F)cc34)ccc21. The average molecular weight is 764 g/mol. The zero-order valence-electron chi connectivity index (χ0n) is 30.9. The molecule has 8 rings (SSSR count). The molecule has 13 heteroatoms. The minimum Gasteiger partial charge on any atom is -0.373 e. The predicted molar refractivity (Wildman–Crippen MR) is 200 cm³/mol. The molecular formula is C42H46F5N5O3. The number of alkyl halides is 2. The van der Waals surface area contributed by atoms with Crippen molar-refractivity contribution in [1.29, 1.82) is 0 Å². The van der Waals surface area contributed by atoms with Gasteiger partial charge in [-0.25, -0.2) is 22.0 Å². The Balaban J connectivity index is 0.989. The smallest absolute Gasteiger partial charge is 0.267 e. The van der Waals surface area contributed by atoms with Crippen LogP contribution in [0, 0.1) is 17.5 Å². The molecule has 3 fully saturated rings. The van der Waals surface area contributed by atoms with Crippen LogP contribution in [0.5, 0.6) is 0 Å². The fourth-order valence-corrected chi connectivity index (χ4v) is 9.76. The summed E-state index contributed by atoms with van der Waals surface area (Å²) >= 11 is 0. The molecule has 0 radical (unpaired) electrons. The van der Waals surface area contributed by atoms with Crippen molar-refractivity contribution < 1.29 is 36.3 Å². The van der Waals surface area contributed by atoms with Gasteiger partial charge in [-0.3, -0.25) is 9.59 Å². The molecule has 4 atom stereocenters. The Labute approximate surface area is 317 Å². The maximum Gasteiger partial charge on any atom is 0.267 e. The standard InChI is InChI=1S/C42H46F5N5O3/c1-3-40(54)51-23-30-22-42(46,47)25-52(30)37-20-29(6-9-36(37)51)50-12-10-41(11-13-50)21-27(31-7-5-28(43)19-32(31)41)18-39(53)48-35(38-24-49(2)14-15-55-38)17-26-4-8-33(44)34(45)16-26/h3-9,16,19-20,27,30,35,38H,1,10-15,17-18,21-25H2,2H3,(H,48,53)/t27-,30+,35?,38?/m1/s1. The van der Waals surface area contributed by atoms with Gasteiger partial charge in [-0.15, -0.1) is 0 Å². The number of carbonyl (C=O) groups is 2. The zero-order valence-corrected chi connectivity index (χ0v) is 30.9. The summed E-state index contributed by atoms with van der Waals surface area (Å²) < 4.78 is 78.1. The van der Waals surface area contributed by atoms with Crippen LogP contribution in [0.25, 0.3) is 0 Å². The third-order valence-electron chi connectivity index (χ3n) is 12.5. The highest BCUT2D eigenvalue weighted by Crippen LogP contribution is 2.54. The van der Waals surface area contributed by atoms with Crippen LogP contribution in [0.15, 0.2) is 67.3 Å². The van der Waals surface area contributed by atoms with Crippen LogP contribution >= 0.6 is 0 Å². The van der Waals surface area contributed by atoms with Crippen LogP contribution in [0.1, 0.15) is 54.7 Å². The van der Waals surface area contributed by atoms with Gasteiger partial charge in [0.25, 0.3) is 11.8 Å². The Morgan fingerprint density at radius 2 is 1.76 bits per heavy atom. The number of hydrogen-bond donors (Lipinski definition) is 1. The molecule has 3 aromatic rings. The highest BCUT2D eigenvalue weighted by Gasteiger charge is 2.50. The summed E-state index contributed by atoms with van der Waals surface area (Å²) in [5.41, 5.74) is 4.13. The van der Waals surface area contributed by atoms with Crippen molar-refractivity contribution in [2.75, 3.05) is 67.6 Å². The molecule has 1 aliphatic carbocycles. The highest BCUT2D eigenvalue weighted by atomic mass is 19.3. The topological polar surface area (TPSA) is 68.4 Å². The lowest BCUT2D eigenvalue weighted by atomic mass is 9.73. The Morgan fingerprint density at radius 3 is 2.51 bits per heavy atom. The molecule has 0 bridgehead atoms. The molecule has 2 amide bonds. The molecule has 1 N–H and O–H groups in total. The van der Waals surface area contributed by atoms with Crippen LogP contribution in [0.4, 0.5) is 39.0 Å². The van der Waals surface area contributed by atoms with Gasteiger partial charge in [0.2, 0.25) is 5.91 Å². The largest absolute Gasteiger partial charge is 0.373 e. The fourth-order valence-electron chi connectivity index (χ4n) is 9.76. The summed E-state index contributed by atoms with van der Waals surface area (Å²) in [4.78, 5) is 34.2. The number of halogens is 5. The third kappa shape index (κ3) is 7.33. The van der Waals surface area contributed by atoms with Gasteiger partial charge in [-0.2, -0.15) is 0 Å². The number of anilines is 3. The van der Waals surface area contributed by atoms with E-state index in [-0.39, 0.29) is 60.9 Å². The van der Waals surface area contributed by atoms with Crippen molar-refractivity contribution in [3.05, 3.63) is 101 Å². The quantitative estimate of drug-likeness (QED) is 0.214. The van der Waals surface area contributed by atoms with Gasteiger partial charge in [-0.05, 0) is 109 Å². The maximum absolute atomic E-state index is 14.9. The van der Waals surface area contributed by atoms with Crippen molar-refractivity contribution in [2.45, 2.75) is 74.0 Å². The summed E-state index contributed by atoms with van der Waals surface area (Å²) in [6.45, 7) is 6.45. The Kier molecular flexibility index (Phi) is 9.90. The van der Waals surface area contributed by atoms with Crippen LogP contribution in [0.2, 0.25) is 0 Å². The van der Waals surface area contributed by atoms with Crippen LogP contribution in [0.3, 0.4) is 0 Å². The zero-order chi connectivity index (χ0) is 38.6. The Morgan fingerprint density at radius 1 is 0.964 bits per heavy atom. The van der Waals surface area contributed by atoms with Crippen LogP contribution in [-0.4, -0.2) is 93.7 Å². The van der Waals surface area contributed by atoms with E-state index in [1.54, 1.807) is 17.0 Å². The molecule has 4 heterocycles. The molecule has 4 aliphatic heterocycles. The maximum atomic E-state index is 14.9. The number of likely N-dealkylation sites (N-methyl/N-ethyl adjacent to an activating group) is 1. The van der Waals surface area contributed by atoms with E-state index in [9.17, 15) is 31.5 Å². The van der Waals surface area contributed by atoms with Crippen molar-refractivity contribution >= 4 is 28.9 Å². The normalized spacial score (nSPS) is 24.6. The highest BCUT2D eigenvalue weighted by molar-refractivity contribution is 6.04.